The van der Waals surface area contributed by atoms with Crippen LogP contribution in [0.15, 0.2) is 59.1 Å². The standard InChI is InChI=1S/C24H18F3N5O3/c25-24(26,27)23(33)35-32-19(12-17(14-28)22(32)31-9-7-29-8-10-31)15-5-6-30-18(11-15)21-13-16-3-1-2-4-20(16)34-21/h1-6,11-13,29H,7-10H2. The largest absolute Gasteiger partial charge is 0.493 e. The Balaban J connectivity index is 1.63. The Morgan fingerprint density at radius 1 is 1.14 bits per heavy atom. The fourth-order valence-corrected chi connectivity index (χ4v) is 4.00. The van der Waals surface area contributed by atoms with Crippen LogP contribution < -0.4 is 15.1 Å². The minimum atomic E-state index is -5.22. The van der Waals surface area contributed by atoms with Gasteiger partial charge in [0.2, 0.25) is 0 Å². The number of furan rings is 1. The van der Waals surface area contributed by atoms with Gasteiger partial charge in [0.25, 0.3) is 0 Å². The first-order valence-corrected chi connectivity index (χ1v) is 10.7. The summed E-state index contributed by atoms with van der Waals surface area (Å²) in [5, 5.41) is 13.8. The van der Waals surface area contributed by atoms with Gasteiger partial charge in [0.1, 0.15) is 17.3 Å². The fraction of sp³-hybridized carbons (Fsp3) is 0.208. The van der Waals surface area contributed by atoms with Crippen molar-refractivity contribution in [2.75, 3.05) is 31.1 Å². The second kappa shape index (κ2) is 8.81. The number of carbonyl (C=O) groups excluding carboxylic acids is 1. The molecule has 0 atom stereocenters. The van der Waals surface area contributed by atoms with Gasteiger partial charge in [-0.05, 0) is 30.3 Å². The molecule has 5 rings (SSSR count). The Hall–Kier alpha value is -4.30. The molecule has 0 aliphatic carbocycles. The van der Waals surface area contributed by atoms with Gasteiger partial charge >= 0.3 is 12.1 Å². The molecule has 1 aliphatic heterocycles. The molecule has 4 aromatic rings. The first-order chi connectivity index (χ1) is 16.8. The molecule has 35 heavy (non-hydrogen) atoms. The van der Waals surface area contributed by atoms with E-state index in [0.717, 1.165) is 10.1 Å². The van der Waals surface area contributed by atoms with Crippen LogP contribution in [0.3, 0.4) is 0 Å². The zero-order chi connectivity index (χ0) is 24.6. The van der Waals surface area contributed by atoms with Crippen molar-refractivity contribution in [2.24, 2.45) is 0 Å². The highest BCUT2D eigenvalue weighted by molar-refractivity contribution is 5.83. The van der Waals surface area contributed by atoms with E-state index in [1.807, 2.05) is 30.3 Å². The topological polar surface area (TPSA) is 96.3 Å². The molecular weight excluding hydrogens is 463 g/mol. The molecule has 0 radical (unpaired) electrons. The number of nitrogens with one attached hydrogen (secondary N) is 1. The number of hydrogen-bond acceptors (Lipinski definition) is 7. The Kier molecular flexibility index (Phi) is 5.66. The number of alkyl halides is 3. The molecule has 3 aromatic heterocycles. The quantitative estimate of drug-likeness (QED) is 0.474. The van der Waals surface area contributed by atoms with Crippen LogP contribution in [-0.4, -0.2) is 48.0 Å². The average Bonchev–Trinajstić information content (AvgIpc) is 3.46. The van der Waals surface area contributed by atoms with Crippen LogP contribution in [0.2, 0.25) is 0 Å². The number of para-hydroxylation sites is 1. The Labute approximate surface area is 197 Å². The van der Waals surface area contributed by atoms with Crippen LogP contribution >= 0.6 is 0 Å². The first kappa shape index (κ1) is 22.5. The molecule has 11 heteroatoms. The van der Waals surface area contributed by atoms with E-state index in [2.05, 4.69) is 10.3 Å². The van der Waals surface area contributed by atoms with Crippen LogP contribution in [0.1, 0.15) is 5.56 Å². The highest BCUT2D eigenvalue weighted by atomic mass is 19.4. The maximum Gasteiger partial charge on any atom is 0.493 e. The number of carbonyl (C=O) groups is 1. The van der Waals surface area contributed by atoms with E-state index < -0.39 is 12.1 Å². The SMILES string of the molecule is N#Cc1cc(-c2ccnc(-c3cc4ccccc4o3)c2)n(OC(=O)C(F)(F)F)c1N1CCNCC1. The Morgan fingerprint density at radius 2 is 1.91 bits per heavy atom. The summed E-state index contributed by atoms with van der Waals surface area (Å²) in [6.07, 6.45) is -3.75. The van der Waals surface area contributed by atoms with E-state index in [1.165, 1.54) is 12.3 Å². The van der Waals surface area contributed by atoms with Gasteiger partial charge in [-0.2, -0.15) is 23.2 Å². The minimum absolute atomic E-state index is 0.0824. The van der Waals surface area contributed by atoms with Gasteiger partial charge in [-0.3, -0.25) is 4.98 Å². The third-order valence-corrected chi connectivity index (χ3v) is 5.61. The van der Waals surface area contributed by atoms with Crippen molar-refractivity contribution in [3.8, 4) is 28.8 Å². The van der Waals surface area contributed by atoms with Crippen LogP contribution in [-0.2, 0) is 4.79 Å². The number of pyridine rings is 1. The van der Waals surface area contributed by atoms with E-state index >= 15 is 0 Å². The molecule has 0 amide bonds. The predicted octanol–water partition coefficient (Wildman–Crippen LogP) is 3.76. The van der Waals surface area contributed by atoms with Crippen LogP contribution in [0.5, 0.6) is 0 Å². The summed E-state index contributed by atoms with van der Waals surface area (Å²) in [4.78, 5) is 22.7. The number of aromatic nitrogens is 2. The van der Waals surface area contributed by atoms with Gasteiger partial charge in [-0.1, -0.05) is 18.2 Å². The molecule has 1 N–H and O–H groups in total. The highest BCUT2D eigenvalue weighted by Crippen LogP contribution is 2.34. The predicted molar refractivity (Wildman–Crippen MR) is 120 cm³/mol. The monoisotopic (exact) mass is 481 g/mol. The summed E-state index contributed by atoms with van der Waals surface area (Å²) in [7, 11) is 0. The van der Waals surface area contributed by atoms with Crippen LogP contribution in [0, 0.1) is 11.3 Å². The summed E-state index contributed by atoms with van der Waals surface area (Å²) in [5.41, 5.74) is 1.66. The van der Waals surface area contributed by atoms with Gasteiger partial charge < -0.3 is 19.5 Å². The van der Waals surface area contributed by atoms with Gasteiger partial charge in [-0.25, -0.2) is 4.79 Å². The molecule has 1 aliphatic rings. The third-order valence-electron chi connectivity index (χ3n) is 5.61. The lowest BCUT2D eigenvalue weighted by Crippen LogP contribution is -2.45. The van der Waals surface area contributed by atoms with Crippen LogP contribution in [0.25, 0.3) is 33.7 Å². The number of hydrogen-bond donors (Lipinski definition) is 1. The van der Waals surface area contributed by atoms with Crippen molar-refractivity contribution in [1.29, 1.82) is 5.26 Å². The smallest absolute Gasteiger partial charge is 0.454 e. The van der Waals surface area contributed by atoms with Crippen molar-refractivity contribution < 1.29 is 27.2 Å². The molecule has 0 saturated carbocycles. The molecular formula is C24H18F3N5O3. The van der Waals surface area contributed by atoms with Gasteiger partial charge in [0.05, 0.1) is 11.3 Å². The molecule has 8 nitrogen and oxygen atoms in total. The molecule has 0 bridgehead atoms. The van der Waals surface area contributed by atoms with Crippen molar-refractivity contribution in [3.63, 3.8) is 0 Å². The number of anilines is 1. The highest BCUT2D eigenvalue weighted by Gasteiger charge is 2.43. The molecule has 4 heterocycles. The molecule has 178 valence electrons. The zero-order valence-electron chi connectivity index (χ0n) is 18.2. The maximum absolute atomic E-state index is 13.1. The van der Waals surface area contributed by atoms with Crippen molar-refractivity contribution in [2.45, 2.75) is 6.18 Å². The number of nitrogens with zero attached hydrogens (tertiary/aromatic N) is 4. The molecule has 1 fully saturated rings. The summed E-state index contributed by atoms with van der Waals surface area (Å²) in [6.45, 7) is 1.96. The lowest BCUT2D eigenvalue weighted by molar-refractivity contribution is -0.199. The van der Waals surface area contributed by atoms with Crippen molar-refractivity contribution in [1.82, 2.24) is 15.0 Å². The summed E-state index contributed by atoms with van der Waals surface area (Å²) in [6, 6.07) is 15.8. The second-order valence-corrected chi connectivity index (χ2v) is 7.86. The normalized spacial score (nSPS) is 14.2. The fourth-order valence-electron chi connectivity index (χ4n) is 4.00. The number of rotatable bonds is 4. The molecule has 1 saturated heterocycles. The lowest BCUT2D eigenvalue weighted by Gasteiger charge is -2.30. The summed E-state index contributed by atoms with van der Waals surface area (Å²) in [5.74, 6) is -1.84. The van der Waals surface area contributed by atoms with E-state index in [4.69, 9.17) is 9.25 Å². The summed E-state index contributed by atoms with van der Waals surface area (Å²) >= 11 is 0. The lowest BCUT2D eigenvalue weighted by atomic mass is 10.1. The zero-order valence-corrected chi connectivity index (χ0v) is 18.2. The number of nitriles is 1. The van der Waals surface area contributed by atoms with Gasteiger partial charge in [-0.15, -0.1) is 0 Å². The third kappa shape index (κ3) is 4.31. The molecule has 0 unspecified atom stereocenters. The van der Waals surface area contributed by atoms with Crippen molar-refractivity contribution in [3.05, 3.63) is 60.3 Å². The van der Waals surface area contributed by atoms with Gasteiger partial charge in [0.15, 0.2) is 11.6 Å². The minimum Gasteiger partial charge on any atom is -0.454 e. The Morgan fingerprint density at radius 3 is 2.63 bits per heavy atom. The Bertz CT molecular complexity index is 1410. The molecule has 1 aromatic carbocycles. The van der Waals surface area contributed by atoms with E-state index in [1.54, 1.807) is 23.1 Å². The summed E-state index contributed by atoms with van der Waals surface area (Å²) < 4.78 is 46.0. The maximum atomic E-state index is 13.1. The van der Waals surface area contributed by atoms with Crippen molar-refractivity contribution >= 4 is 22.8 Å². The number of benzene rings is 1. The van der Waals surface area contributed by atoms with E-state index in [0.29, 0.717) is 48.8 Å². The van der Waals surface area contributed by atoms with E-state index in [-0.39, 0.29) is 17.1 Å². The molecule has 0 spiro atoms. The number of fused-ring (bicyclic) bond motifs is 1. The first-order valence-electron chi connectivity index (χ1n) is 10.7. The van der Waals surface area contributed by atoms with E-state index in [9.17, 15) is 23.2 Å². The number of halogens is 3. The van der Waals surface area contributed by atoms with Crippen LogP contribution in [0.4, 0.5) is 19.0 Å². The second-order valence-electron chi connectivity index (χ2n) is 7.86. The average molecular weight is 481 g/mol. The number of piperazine rings is 1. The van der Waals surface area contributed by atoms with Gasteiger partial charge in [0, 0.05) is 43.3 Å².